The lowest BCUT2D eigenvalue weighted by Crippen LogP contribution is -2.34. The Bertz CT molecular complexity index is 693. The van der Waals surface area contributed by atoms with Gasteiger partial charge in [-0.1, -0.05) is 18.2 Å². The van der Waals surface area contributed by atoms with Crippen LogP contribution in [0.5, 0.6) is 17.2 Å². The van der Waals surface area contributed by atoms with Crippen molar-refractivity contribution in [3.63, 3.8) is 0 Å². The highest BCUT2D eigenvalue weighted by atomic mass is 16.6. The molecule has 0 saturated heterocycles. The SMILES string of the molecule is CC(=O)O[C@@H]1Cc2ccc(O)cc2O[C@@H]1c1ccc(O)cc1. The van der Waals surface area contributed by atoms with E-state index in [1.54, 1.807) is 42.5 Å². The maximum atomic E-state index is 11.4. The van der Waals surface area contributed by atoms with E-state index < -0.39 is 12.2 Å². The first-order valence-electron chi connectivity index (χ1n) is 6.97. The van der Waals surface area contributed by atoms with E-state index in [0.29, 0.717) is 12.2 Å². The molecule has 1 aliphatic rings. The van der Waals surface area contributed by atoms with Gasteiger partial charge in [0.1, 0.15) is 23.4 Å². The Morgan fingerprint density at radius 1 is 1.14 bits per heavy atom. The van der Waals surface area contributed by atoms with Crippen LogP contribution in [0.4, 0.5) is 0 Å². The first-order valence-corrected chi connectivity index (χ1v) is 6.97. The van der Waals surface area contributed by atoms with Crippen LogP contribution >= 0.6 is 0 Å². The minimum atomic E-state index is -0.487. The van der Waals surface area contributed by atoms with Gasteiger partial charge in [0.25, 0.3) is 0 Å². The van der Waals surface area contributed by atoms with Crippen molar-refractivity contribution < 1.29 is 24.5 Å². The van der Waals surface area contributed by atoms with Gasteiger partial charge in [0.05, 0.1) is 0 Å². The molecule has 3 rings (SSSR count). The quantitative estimate of drug-likeness (QED) is 0.834. The maximum Gasteiger partial charge on any atom is 0.303 e. The molecule has 0 radical (unpaired) electrons. The molecule has 0 fully saturated rings. The first-order chi connectivity index (χ1) is 10.5. The molecule has 0 saturated carbocycles. The van der Waals surface area contributed by atoms with E-state index in [0.717, 1.165) is 11.1 Å². The number of aromatic hydroxyl groups is 2. The molecule has 22 heavy (non-hydrogen) atoms. The molecule has 1 heterocycles. The fourth-order valence-electron chi connectivity index (χ4n) is 2.62. The third-order valence-corrected chi connectivity index (χ3v) is 3.60. The van der Waals surface area contributed by atoms with Gasteiger partial charge in [-0.15, -0.1) is 0 Å². The highest BCUT2D eigenvalue weighted by molar-refractivity contribution is 5.66. The minimum Gasteiger partial charge on any atom is -0.508 e. The lowest BCUT2D eigenvalue weighted by molar-refractivity contribution is -0.152. The summed E-state index contributed by atoms with van der Waals surface area (Å²) in [4.78, 5) is 11.4. The van der Waals surface area contributed by atoms with Crippen molar-refractivity contribution in [2.24, 2.45) is 0 Å². The van der Waals surface area contributed by atoms with Crippen molar-refractivity contribution in [2.75, 3.05) is 0 Å². The van der Waals surface area contributed by atoms with Gasteiger partial charge in [0, 0.05) is 19.4 Å². The number of carbonyl (C=O) groups is 1. The van der Waals surface area contributed by atoms with Crippen LogP contribution in [0.2, 0.25) is 0 Å². The number of hydrogen-bond donors (Lipinski definition) is 2. The second-order valence-corrected chi connectivity index (χ2v) is 5.27. The number of phenols is 2. The Labute approximate surface area is 127 Å². The van der Waals surface area contributed by atoms with Crippen LogP contribution in [0, 0.1) is 0 Å². The highest BCUT2D eigenvalue weighted by Crippen LogP contribution is 2.38. The Morgan fingerprint density at radius 2 is 1.82 bits per heavy atom. The molecule has 0 bridgehead atoms. The number of hydrogen-bond acceptors (Lipinski definition) is 5. The topological polar surface area (TPSA) is 76.0 Å². The van der Waals surface area contributed by atoms with Crippen LogP contribution in [0.3, 0.4) is 0 Å². The molecule has 0 aromatic heterocycles. The number of rotatable bonds is 2. The van der Waals surface area contributed by atoms with Gasteiger partial charge < -0.3 is 19.7 Å². The van der Waals surface area contributed by atoms with E-state index in [2.05, 4.69) is 0 Å². The molecular formula is C17H16O5. The van der Waals surface area contributed by atoms with Crippen LogP contribution in [-0.4, -0.2) is 22.3 Å². The fourth-order valence-corrected chi connectivity index (χ4v) is 2.62. The summed E-state index contributed by atoms with van der Waals surface area (Å²) in [5, 5.41) is 19.0. The summed E-state index contributed by atoms with van der Waals surface area (Å²) < 4.78 is 11.3. The van der Waals surface area contributed by atoms with E-state index in [9.17, 15) is 15.0 Å². The lowest BCUT2D eigenvalue weighted by atomic mass is 9.94. The number of ether oxygens (including phenoxy) is 2. The summed E-state index contributed by atoms with van der Waals surface area (Å²) in [6, 6.07) is 11.5. The van der Waals surface area contributed by atoms with Crippen molar-refractivity contribution in [3.8, 4) is 17.2 Å². The number of fused-ring (bicyclic) bond motifs is 1. The molecule has 0 unspecified atom stereocenters. The summed E-state index contributed by atoms with van der Waals surface area (Å²) in [7, 11) is 0. The zero-order chi connectivity index (χ0) is 15.7. The van der Waals surface area contributed by atoms with Crippen molar-refractivity contribution in [3.05, 3.63) is 53.6 Å². The second-order valence-electron chi connectivity index (χ2n) is 5.27. The average Bonchev–Trinajstić information content (AvgIpc) is 2.47. The fraction of sp³-hybridized carbons (Fsp3) is 0.235. The summed E-state index contributed by atoms with van der Waals surface area (Å²) in [6.07, 6.45) is -0.446. The third-order valence-electron chi connectivity index (χ3n) is 3.60. The van der Waals surface area contributed by atoms with E-state index in [4.69, 9.17) is 9.47 Å². The zero-order valence-corrected chi connectivity index (χ0v) is 12.0. The average molecular weight is 300 g/mol. The summed E-state index contributed by atoms with van der Waals surface area (Å²) in [5.74, 6) is 0.469. The molecule has 0 amide bonds. The molecule has 1 aliphatic heterocycles. The highest BCUT2D eigenvalue weighted by Gasteiger charge is 2.33. The van der Waals surface area contributed by atoms with Crippen molar-refractivity contribution in [1.82, 2.24) is 0 Å². The third kappa shape index (κ3) is 2.83. The summed E-state index contributed by atoms with van der Waals surface area (Å²) in [5.41, 5.74) is 1.66. The largest absolute Gasteiger partial charge is 0.508 e. The van der Waals surface area contributed by atoms with E-state index >= 15 is 0 Å². The molecule has 2 N–H and O–H groups in total. The van der Waals surface area contributed by atoms with Crippen LogP contribution < -0.4 is 4.74 Å². The molecule has 0 aliphatic carbocycles. The predicted molar refractivity (Wildman–Crippen MR) is 78.8 cm³/mol. The molecule has 5 heteroatoms. The molecule has 0 spiro atoms. The van der Waals surface area contributed by atoms with Gasteiger partial charge in [-0.25, -0.2) is 0 Å². The molecule has 2 atom stereocenters. The van der Waals surface area contributed by atoms with Crippen LogP contribution in [0.1, 0.15) is 24.2 Å². The van der Waals surface area contributed by atoms with Gasteiger partial charge in [-0.05, 0) is 29.3 Å². The second kappa shape index (κ2) is 5.60. The van der Waals surface area contributed by atoms with Gasteiger partial charge in [0.2, 0.25) is 0 Å². The van der Waals surface area contributed by atoms with Gasteiger partial charge in [-0.3, -0.25) is 4.79 Å². The molecule has 2 aromatic rings. The number of benzene rings is 2. The molecule has 2 aromatic carbocycles. The Kier molecular flexibility index (Phi) is 3.63. The molecular weight excluding hydrogens is 284 g/mol. The number of esters is 1. The standard InChI is InChI=1S/C17H16O5/c1-10(18)21-16-8-12-4-7-14(20)9-15(12)22-17(16)11-2-5-13(19)6-3-11/h2-7,9,16-17,19-20H,8H2,1H3/t16-,17-/m1/s1. The molecule has 114 valence electrons. The lowest BCUT2D eigenvalue weighted by Gasteiger charge is -2.33. The van der Waals surface area contributed by atoms with Crippen molar-refractivity contribution in [1.29, 1.82) is 0 Å². The maximum absolute atomic E-state index is 11.4. The van der Waals surface area contributed by atoms with Crippen LogP contribution in [0.15, 0.2) is 42.5 Å². The smallest absolute Gasteiger partial charge is 0.303 e. The van der Waals surface area contributed by atoms with Crippen LogP contribution in [-0.2, 0) is 16.0 Å². The monoisotopic (exact) mass is 300 g/mol. The normalized spacial score (nSPS) is 19.9. The van der Waals surface area contributed by atoms with Gasteiger partial charge >= 0.3 is 5.97 Å². The Balaban J connectivity index is 1.97. The van der Waals surface area contributed by atoms with E-state index in [1.807, 2.05) is 0 Å². The van der Waals surface area contributed by atoms with Crippen LogP contribution in [0.25, 0.3) is 0 Å². The predicted octanol–water partition coefficient (Wildman–Crippen LogP) is 2.71. The Hall–Kier alpha value is -2.69. The Morgan fingerprint density at radius 3 is 2.50 bits per heavy atom. The van der Waals surface area contributed by atoms with Crippen molar-refractivity contribution in [2.45, 2.75) is 25.6 Å². The first kappa shape index (κ1) is 14.3. The van der Waals surface area contributed by atoms with Gasteiger partial charge in [0.15, 0.2) is 6.10 Å². The van der Waals surface area contributed by atoms with Gasteiger partial charge in [-0.2, -0.15) is 0 Å². The van der Waals surface area contributed by atoms with Crippen molar-refractivity contribution >= 4 is 5.97 Å². The zero-order valence-electron chi connectivity index (χ0n) is 12.0. The summed E-state index contributed by atoms with van der Waals surface area (Å²) in [6.45, 7) is 1.36. The minimum absolute atomic E-state index is 0.120. The number of carbonyl (C=O) groups excluding carboxylic acids is 1. The summed E-state index contributed by atoms with van der Waals surface area (Å²) >= 11 is 0. The number of phenolic OH excluding ortho intramolecular Hbond substituents is 2. The van der Waals surface area contributed by atoms with E-state index in [-0.39, 0.29) is 17.5 Å². The molecule has 5 nitrogen and oxygen atoms in total. The van der Waals surface area contributed by atoms with E-state index in [1.165, 1.54) is 6.92 Å².